The Morgan fingerprint density at radius 2 is 2.60 bits per heavy atom. The zero-order chi connectivity index (χ0) is 7.56. The van der Waals surface area contributed by atoms with Gasteiger partial charge in [0.15, 0.2) is 11.5 Å². The average Bonchev–Trinajstić information content (AvgIpc) is 2.33. The fourth-order valence-electron chi connectivity index (χ4n) is 0.647. The van der Waals surface area contributed by atoms with Crippen molar-refractivity contribution in [2.75, 3.05) is 12.4 Å². The lowest BCUT2D eigenvalue weighted by Gasteiger charge is -1.93. The summed E-state index contributed by atoms with van der Waals surface area (Å²) in [5.74, 6) is -0.658. The number of hydrogen-bond acceptors (Lipinski definition) is 3. The monoisotopic (exact) mass is 141 g/mol. The number of carboxylic acid groups (broad SMARTS) is 1. The summed E-state index contributed by atoms with van der Waals surface area (Å²) >= 11 is 0. The van der Waals surface area contributed by atoms with Crippen molar-refractivity contribution in [3.8, 4) is 0 Å². The molecule has 0 radical (unpaired) electrons. The van der Waals surface area contributed by atoms with Crippen LogP contribution in [0.15, 0.2) is 6.33 Å². The van der Waals surface area contributed by atoms with Gasteiger partial charge in [0.05, 0.1) is 6.33 Å². The number of aromatic carboxylic acids is 1. The molecule has 3 N–H and O–H groups in total. The highest BCUT2D eigenvalue weighted by atomic mass is 16.4. The van der Waals surface area contributed by atoms with Crippen LogP contribution >= 0.6 is 0 Å². The van der Waals surface area contributed by atoms with Crippen molar-refractivity contribution in [1.82, 2.24) is 9.97 Å². The first-order chi connectivity index (χ1) is 4.75. The highest BCUT2D eigenvalue weighted by molar-refractivity contribution is 5.90. The van der Waals surface area contributed by atoms with Gasteiger partial charge in [-0.3, -0.25) is 0 Å². The molecule has 0 amide bonds. The molecular formula is C5H7N3O2. The second-order valence-corrected chi connectivity index (χ2v) is 1.68. The van der Waals surface area contributed by atoms with E-state index < -0.39 is 5.97 Å². The van der Waals surface area contributed by atoms with E-state index in [0.717, 1.165) is 0 Å². The number of carboxylic acids is 1. The Morgan fingerprint density at radius 3 is 3.00 bits per heavy atom. The summed E-state index contributed by atoms with van der Waals surface area (Å²) in [5, 5.41) is 11.1. The average molecular weight is 141 g/mol. The van der Waals surface area contributed by atoms with Crippen molar-refractivity contribution in [3.63, 3.8) is 0 Å². The van der Waals surface area contributed by atoms with Crippen molar-refractivity contribution in [3.05, 3.63) is 12.0 Å². The molecule has 1 aromatic heterocycles. The van der Waals surface area contributed by atoms with Crippen LogP contribution in [0.2, 0.25) is 0 Å². The molecule has 5 heteroatoms. The number of rotatable bonds is 2. The van der Waals surface area contributed by atoms with Gasteiger partial charge in [0.2, 0.25) is 0 Å². The first kappa shape index (κ1) is 6.60. The second-order valence-electron chi connectivity index (χ2n) is 1.68. The molecule has 0 atom stereocenters. The third kappa shape index (κ3) is 0.928. The lowest BCUT2D eigenvalue weighted by atomic mass is 10.4. The molecular weight excluding hydrogens is 134 g/mol. The quantitative estimate of drug-likeness (QED) is 0.547. The third-order valence-electron chi connectivity index (χ3n) is 1.09. The summed E-state index contributed by atoms with van der Waals surface area (Å²) in [7, 11) is 1.61. The van der Waals surface area contributed by atoms with Crippen molar-refractivity contribution in [2.45, 2.75) is 0 Å². The lowest BCUT2D eigenvalue weighted by Crippen LogP contribution is -2.01. The van der Waals surface area contributed by atoms with E-state index in [1.807, 2.05) is 0 Å². The van der Waals surface area contributed by atoms with E-state index in [0.29, 0.717) is 5.82 Å². The van der Waals surface area contributed by atoms with Gasteiger partial charge < -0.3 is 15.4 Å². The van der Waals surface area contributed by atoms with Crippen molar-refractivity contribution in [2.24, 2.45) is 0 Å². The minimum Gasteiger partial charge on any atom is -0.476 e. The van der Waals surface area contributed by atoms with Crippen LogP contribution in [-0.4, -0.2) is 28.1 Å². The number of aromatic nitrogens is 2. The predicted octanol–water partition coefficient (Wildman–Crippen LogP) is 0.150. The molecule has 54 valence electrons. The minimum atomic E-state index is -1.01. The highest BCUT2D eigenvalue weighted by Crippen LogP contribution is 2.06. The zero-order valence-corrected chi connectivity index (χ0v) is 5.38. The van der Waals surface area contributed by atoms with Crippen LogP contribution < -0.4 is 5.32 Å². The third-order valence-corrected chi connectivity index (χ3v) is 1.09. The predicted molar refractivity (Wildman–Crippen MR) is 35.1 cm³/mol. The molecule has 0 aliphatic heterocycles. The van der Waals surface area contributed by atoms with Crippen LogP contribution in [0.25, 0.3) is 0 Å². The molecule has 0 saturated heterocycles. The molecule has 0 saturated carbocycles. The summed E-state index contributed by atoms with van der Waals surface area (Å²) in [6.07, 6.45) is 1.33. The van der Waals surface area contributed by atoms with Gasteiger partial charge >= 0.3 is 5.97 Å². The number of nitrogens with zero attached hydrogens (tertiary/aromatic N) is 1. The van der Waals surface area contributed by atoms with E-state index in [-0.39, 0.29) is 5.69 Å². The lowest BCUT2D eigenvalue weighted by molar-refractivity contribution is 0.0692. The second kappa shape index (κ2) is 2.38. The van der Waals surface area contributed by atoms with Crippen LogP contribution in [0.4, 0.5) is 5.82 Å². The van der Waals surface area contributed by atoms with E-state index in [1.165, 1.54) is 6.33 Å². The van der Waals surface area contributed by atoms with Crippen molar-refractivity contribution >= 4 is 11.8 Å². The largest absolute Gasteiger partial charge is 0.476 e. The Hall–Kier alpha value is -1.52. The van der Waals surface area contributed by atoms with Gasteiger partial charge in [0.1, 0.15) is 0 Å². The minimum absolute atomic E-state index is 0.0856. The summed E-state index contributed by atoms with van der Waals surface area (Å²) in [6.45, 7) is 0. The van der Waals surface area contributed by atoms with E-state index in [4.69, 9.17) is 5.11 Å². The molecule has 0 aromatic carbocycles. The van der Waals surface area contributed by atoms with Crippen LogP contribution in [0.3, 0.4) is 0 Å². The molecule has 1 rings (SSSR count). The van der Waals surface area contributed by atoms with Crippen LogP contribution in [0.1, 0.15) is 10.5 Å². The molecule has 1 heterocycles. The number of anilines is 1. The molecule has 5 nitrogen and oxygen atoms in total. The molecule has 0 bridgehead atoms. The molecule has 0 aliphatic rings. The fraction of sp³-hybridized carbons (Fsp3) is 0.200. The number of imidazole rings is 1. The fourth-order valence-corrected chi connectivity index (χ4v) is 0.647. The standard InChI is InChI=1S/C5H7N3O2/c1-6-4-3(5(9)10)7-2-8-4/h2,6H,1H3,(H,7,8)(H,9,10). The zero-order valence-electron chi connectivity index (χ0n) is 5.38. The first-order valence-corrected chi connectivity index (χ1v) is 2.70. The van der Waals surface area contributed by atoms with Crippen LogP contribution in [0, 0.1) is 0 Å². The van der Waals surface area contributed by atoms with Gasteiger partial charge in [-0.2, -0.15) is 0 Å². The van der Waals surface area contributed by atoms with Crippen molar-refractivity contribution in [1.29, 1.82) is 0 Å². The van der Waals surface area contributed by atoms with Crippen LogP contribution in [0.5, 0.6) is 0 Å². The molecule has 0 aliphatic carbocycles. The van der Waals surface area contributed by atoms with E-state index >= 15 is 0 Å². The number of hydrogen-bond donors (Lipinski definition) is 3. The summed E-state index contributed by atoms with van der Waals surface area (Å²) in [4.78, 5) is 16.5. The Labute approximate surface area is 57.1 Å². The Bertz CT molecular complexity index is 243. The van der Waals surface area contributed by atoms with Gasteiger partial charge in [0, 0.05) is 7.05 Å². The maximum absolute atomic E-state index is 10.3. The normalized spacial score (nSPS) is 9.30. The molecule has 0 spiro atoms. The summed E-state index contributed by atoms with van der Waals surface area (Å²) in [6, 6.07) is 0. The van der Waals surface area contributed by atoms with E-state index in [1.54, 1.807) is 7.05 Å². The molecule has 1 aromatic rings. The Balaban J connectivity index is 3.01. The summed E-state index contributed by atoms with van der Waals surface area (Å²) < 4.78 is 0. The number of nitrogens with one attached hydrogen (secondary N) is 2. The number of H-pyrrole nitrogens is 1. The number of carbonyl (C=O) groups is 1. The maximum atomic E-state index is 10.3. The maximum Gasteiger partial charge on any atom is 0.356 e. The van der Waals surface area contributed by atoms with Gasteiger partial charge in [-0.05, 0) is 0 Å². The highest BCUT2D eigenvalue weighted by Gasteiger charge is 2.09. The SMILES string of the molecule is CNc1nc[nH]c1C(=O)O. The topological polar surface area (TPSA) is 78.0 Å². The molecule has 0 unspecified atom stereocenters. The summed E-state index contributed by atoms with van der Waals surface area (Å²) in [5.41, 5.74) is 0.0856. The van der Waals surface area contributed by atoms with E-state index in [2.05, 4.69) is 15.3 Å². The van der Waals surface area contributed by atoms with Crippen LogP contribution in [-0.2, 0) is 0 Å². The Kier molecular flexibility index (Phi) is 1.57. The number of aromatic amines is 1. The van der Waals surface area contributed by atoms with Gasteiger partial charge in [0.25, 0.3) is 0 Å². The smallest absolute Gasteiger partial charge is 0.356 e. The van der Waals surface area contributed by atoms with Gasteiger partial charge in [-0.25, -0.2) is 9.78 Å². The van der Waals surface area contributed by atoms with E-state index in [9.17, 15) is 4.79 Å². The van der Waals surface area contributed by atoms with Gasteiger partial charge in [-0.1, -0.05) is 0 Å². The Morgan fingerprint density at radius 1 is 1.90 bits per heavy atom. The molecule has 10 heavy (non-hydrogen) atoms. The first-order valence-electron chi connectivity index (χ1n) is 2.70. The van der Waals surface area contributed by atoms with Crippen molar-refractivity contribution < 1.29 is 9.90 Å². The molecule has 0 fully saturated rings. The van der Waals surface area contributed by atoms with Gasteiger partial charge in [-0.15, -0.1) is 0 Å².